The lowest BCUT2D eigenvalue weighted by molar-refractivity contribution is 0.0588. The summed E-state index contributed by atoms with van der Waals surface area (Å²) >= 11 is 0. The van der Waals surface area contributed by atoms with Crippen LogP contribution in [-0.2, 0) is 11.3 Å². The molecule has 0 aliphatic carbocycles. The molecule has 2 N–H and O–H groups in total. The maximum Gasteiger partial charge on any atom is 0.354 e. The highest BCUT2D eigenvalue weighted by Gasteiger charge is 2.13. The van der Waals surface area contributed by atoms with Crippen LogP contribution in [0.4, 0.5) is 5.69 Å². The van der Waals surface area contributed by atoms with Gasteiger partial charge in [-0.25, -0.2) is 4.79 Å². The fraction of sp³-hybridized carbons (Fsp3) is 0.214. The SMILES string of the molecule is CCn1cc(-c2cccc(N)c2)cc1C(=O)OC. The number of ether oxygens (including phenoxy) is 1. The topological polar surface area (TPSA) is 57.2 Å². The molecule has 2 aromatic rings. The van der Waals surface area contributed by atoms with Crippen molar-refractivity contribution in [1.82, 2.24) is 4.57 Å². The van der Waals surface area contributed by atoms with E-state index in [0.717, 1.165) is 11.1 Å². The van der Waals surface area contributed by atoms with Crippen LogP contribution in [0.2, 0.25) is 0 Å². The summed E-state index contributed by atoms with van der Waals surface area (Å²) in [5, 5.41) is 0. The summed E-state index contributed by atoms with van der Waals surface area (Å²) < 4.78 is 6.63. The Balaban J connectivity index is 2.47. The molecule has 0 aliphatic heterocycles. The lowest BCUT2D eigenvalue weighted by Gasteiger charge is -2.02. The number of anilines is 1. The Morgan fingerprint density at radius 2 is 2.11 bits per heavy atom. The molecule has 0 saturated carbocycles. The summed E-state index contributed by atoms with van der Waals surface area (Å²) in [5.74, 6) is -0.327. The third-order valence-corrected chi connectivity index (χ3v) is 2.85. The Morgan fingerprint density at radius 3 is 2.72 bits per heavy atom. The first-order valence-electron chi connectivity index (χ1n) is 5.80. The molecule has 94 valence electrons. The van der Waals surface area contributed by atoms with Crippen LogP contribution < -0.4 is 5.73 Å². The van der Waals surface area contributed by atoms with Gasteiger partial charge in [-0.15, -0.1) is 0 Å². The van der Waals surface area contributed by atoms with Crippen LogP contribution in [-0.4, -0.2) is 17.6 Å². The first-order valence-corrected chi connectivity index (χ1v) is 5.80. The summed E-state index contributed by atoms with van der Waals surface area (Å²) in [4.78, 5) is 11.6. The van der Waals surface area contributed by atoms with Gasteiger partial charge in [-0.1, -0.05) is 12.1 Å². The number of methoxy groups -OCH3 is 1. The highest BCUT2D eigenvalue weighted by Crippen LogP contribution is 2.24. The fourth-order valence-corrected chi connectivity index (χ4v) is 1.92. The van der Waals surface area contributed by atoms with Gasteiger partial charge in [0.2, 0.25) is 0 Å². The van der Waals surface area contributed by atoms with E-state index in [2.05, 4.69) is 0 Å². The highest BCUT2D eigenvalue weighted by molar-refractivity contribution is 5.90. The first-order chi connectivity index (χ1) is 8.65. The molecule has 1 aromatic carbocycles. The predicted molar refractivity (Wildman–Crippen MR) is 71.3 cm³/mol. The number of benzene rings is 1. The standard InChI is InChI=1S/C14H16N2O2/c1-3-16-9-11(8-13(16)14(17)18-2)10-5-4-6-12(15)7-10/h4-9H,3,15H2,1-2H3. The number of esters is 1. The fourth-order valence-electron chi connectivity index (χ4n) is 1.92. The van der Waals surface area contributed by atoms with E-state index in [1.54, 1.807) is 0 Å². The van der Waals surface area contributed by atoms with Crippen molar-refractivity contribution in [3.63, 3.8) is 0 Å². The molecule has 0 aliphatic rings. The van der Waals surface area contributed by atoms with Crippen LogP contribution in [0.5, 0.6) is 0 Å². The number of carbonyl (C=O) groups excluding carboxylic acids is 1. The van der Waals surface area contributed by atoms with Crippen LogP contribution in [0.15, 0.2) is 36.5 Å². The van der Waals surface area contributed by atoms with Crippen molar-refractivity contribution in [2.45, 2.75) is 13.5 Å². The third kappa shape index (κ3) is 2.22. The maximum atomic E-state index is 11.6. The Kier molecular flexibility index (Phi) is 3.37. The normalized spacial score (nSPS) is 10.3. The molecule has 0 radical (unpaired) electrons. The summed E-state index contributed by atoms with van der Waals surface area (Å²) in [6, 6.07) is 9.40. The minimum atomic E-state index is -0.327. The highest BCUT2D eigenvalue weighted by atomic mass is 16.5. The van der Waals surface area contributed by atoms with Gasteiger partial charge in [0.15, 0.2) is 0 Å². The molecule has 0 unspecified atom stereocenters. The molecular weight excluding hydrogens is 228 g/mol. The second-order valence-electron chi connectivity index (χ2n) is 4.02. The van der Waals surface area contributed by atoms with Gasteiger partial charge in [-0.05, 0) is 30.7 Å². The van der Waals surface area contributed by atoms with Crippen molar-refractivity contribution in [1.29, 1.82) is 0 Å². The smallest absolute Gasteiger partial charge is 0.354 e. The lowest BCUT2D eigenvalue weighted by Crippen LogP contribution is -2.08. The molecule has 0 spiro atoms. The summed E-state index contributed by atoms with van der Waals surface area (Å²) in [5.41, 5.74) is 8.97. The van der Waals surface area contributed by atoms with Gasteiger partial charge in [0.05, 0.1) is 7.11 Å². The van der Waals surface area contributed by atoms with Crippen molar-refractivity contribution in [2.75, 3.05) is 12.8 Å². The van der Waals surface area contributed by atoms with Crippen molar-refractivity contribution in [2.24, 2.45) is 0 Å². The van der Waals surface area contributed by atoms with Crippen LogP contribution in [0.25, 0.3) is 11.1 Å². The van der Waals surface area contributed by atoms with E-state index >= 15 is 0 Å². The molecule has 0 amide bonds. The Hall–Kier alpha value is -2.23. The van der Waals surface area contributed by atoms with Crippen LogP contribution in [0.3, 0.4) is 0 Å². The largest absolute Gasteiger partial charge is 0.464 e. The number of nitrogens with two attached hydrogens (primary N) is 1. The van der Waals surface area contributed by atoms with Crippen molar-refractivity contribution >= 4 is 11.7 Å². The second kappa shape index (κ2) is 4.96. The number of hydrogen-bond donors (Lipinski definition) is 1. The van der Waals surface area contributed by atoms with Crippen molar-refractivity contribution < 1.29 is 9.53 Å². The van der Waals surface area contributed by atoms with Gasteiger partial charge in [0, 0.05) is 24.0 Å². The van der Waals surface area contributed by atoms with Crippen LogP contribution in [0, 0.1) is 0 Å². The molecule has 1 aromatic heterocycles. The van der Waals surface area contributed by atoms with E-state index in [-0.39, 0.29) is 5.97 Å². The number of aromatic nitrogens is 1. The van der Waals surface area contributed by atoms with Crippen molar-refractivity contribution in [3.8, 4) is 11.1 Å². The number of nitrogens with zero attached hydrogens (tertiary/aromatic N) is 1. The van der Waals surface area contributed by atoms with Crippen LogP contribution in [0.1, 0.15) is 17.4 Å². The molecule has 2 rings (SSSR count). The lowest BCUT2D eigenvalue weighted by atomic mass is 10.1. The van der Waals surface area contributed by atoms with E-state index in [4.69, 9.17) is 10.5 Å². The van der Waals surface area contributed by atoms with Gasteiger partial charge in [0.25, 0.3) is 0 Å². The second-order valence-corrected chi connectivity index (χ2v) is 4.02. The van der Waals surface area contributed by atoms with Gasteiger partial charge >= 0.3 is 5.97 Å². The molecule has 0 atom stereocenters. The first kappa shape index (κ1) is 12.2. The van der Waals surface area contributed by atoms with Gasteiger partial charge in [0.1, 0.15) is 5.69 Å². The minimum absolute atomic E-state index is 0.327. The van der Waals surface area contributed by atoms with E-state index in [0.29, 0.717) is 17.9 Å². The van der Waals surface area contributed by atoms with Crippen LogP contribution >= 0.6 is 0 Å². The number of hydrogen-bond acceptors (Lipinski definition) is 3. The Labute approximate surface area is 106 Å². The number of carbonyl (C=O) groups is 1. The molecule has 4 heteroatoms. The minimum Gasteiger partial charge on any atom is -0.464 e. The molecule has 0 saturated heterocycles. The number of nitrogen functional groups attached to an aromatic ring is 1. The van der Waals surface area contributed by atoms with E-state index in [9.17, 15) is 4.79 Å². The zero-order valence-corrected chi connectivity index (χ0v) is 10.5. The maximum absolute atomic E-state index is 11.6. The molecular formula is C14H16N2O2. The molecule has 0 fully saturated rings. The van der Waals surface area contributed by atoms with E-state index in [1.807, 2.05) is 48.0 Å². The number of rotatable bonds is 3. The van der Waals surface area contributed by atoms with Gasteiger partial charge in [-0.2, -0.15) is 0 Å². The zero-order valence-electron chi connectivity index (χ0n) is 10.5. The average molecular weight is 244 g/mol. The number of aryl methyl sites for hydroxylation is 1. The van der Waals surface area contributed by atoms with Gasteiger partial charge in [-0.3, -0.25) is 0 Å². The molecule has 18 heavy (non-hydrogen) atoms. The van der Waals surface area contributed by atoms with Gasteiger partial charge < -0.3 is 15.0 Å². The van der Waals surface area contributed by atoms with E-state index in [1.165, 1.54) is 7.11 Å². The summed E-state index contributed by atoms with van der Waals surface area (Å²) in [6.45, 7) is 2.70. The molecule has 1 heterocycles. The van der Waals surface area contributed by atoms with E-state index < -0.39 is 0 Å². The quantitative estimate of drug-likeness (QED) is 0.666. The Bertz CT molecular complexity index is 573. The summed E-state index contributed by atoms with van der Waals surface area (Å²) in [6.07, 6.45) is 1.93. The molecule has 4 nitrogen and oxygen atoms in total. The summed E-state index contributed by atoms with van der Waals surface area (Å²) in [7, 11) is 1.38. The monoisotopic (exact) mass is 244 g/mol. The zero-order chi connectivity index (χ0) is 13.1. The molecule has 0 bridgehead atoms. The Morgan fingerprint density at radius 1 is 1.33 bits per heavy atom. The predicted octanol–water partition coefficient (Wildman–Crippen LogP) is 2.54. The average Bonchev–Trinajstić information content (AvgIpc) is 2.82. The van der Waals surface area contributed by atoms with Crippen molar-refractivity contribution in [3.05, 3.63) is 42.2 Å². The third-order valence-electron chi connectivity index (χ3n) is 2.85.